The van der Waals surface area contributed by atoms with Crippen molar-refractivity contribution in [3.8, 4) is 6.07 Å². The minimum atomic E-state index is -0.265. The van der Waals surface area contributed by atoms with E-state index in [1.54, 1.807) is 0 Å². The number of nitrogens with zero attached hydrogens (tertiary/aromatic N) is 2. The van der Waals surface area contributed by atoms with E-state index in [-0.39, 0.29) is 12.2 Å². The van der Waals surface area contributed by atoms with Gasteiger partial charge < -0.3 is 15.2 Å². The van der Waals surface area contributed by atoms with E-state index < -0.39 is 0 Å². The summed E-state index contributed by atoms with van der Waals surface area (Å²) in [6.45, 7) is 7.02. The Morgan fingerprint density at radius 2 is 2.20 bits per heavy atom. The zero-order valence-electron chi connectivity index (χ0n) is 12.3. The lowest BCUT2D eigenvalue weighted by atomic mass is 9.87. The first-order valence-electron chi connectivity index (χ1n) is 6.95. The molecule has 0 saturated carbocycles. The molecule has 0 fully saturated rings. The Morgan fingerprint density at radius 1 is 1.45 bits per heavy atom. The average molecular weight is 275 g/mol. The number of aromatic nitrogens is 1. The van der Waals surface area contributed by atoms with Crippen LogP contribution in [-0.4, -0.2) is 28.8 Å². The third-order valence-corrected chi connectivity index (χ3v) is 3.56. The zero-order valence-corrected chi connectivity index (χ0v) is 12.3. The van der Waals surface area contributed by atoms with E-state index in [0.29, 0.717) is 31.0 Å². The first-order chi connectivity index (χ1) is 9.52. The lowest BCUT2D eigenvalue weighted by Crippen LogP contribution is -2.33. The highest BCUT2D eigenvalue weighted by atomic mass is 16.5. The van der Waals surface area contributed by atoms with Crippen LogP contribution in [0.1, 0.15) is 43.2 Å². The molecule has 2 rings (SSSR count). The van der Waals surface area contributed by atoms with Gasteiger partial charge in [-0.15, -0.1) is 0 Å². The first kappa shape index (κ1) is 14.8. The fraction of sp³-hybridized carbons (Fsp3) is 0.600. The van der Waals surface area contributed by atoms with Crippen LogP contribution in [0.25, 0.3) is 0 Å². The Kier molecular flexibility index (Phi) is 4.26. The molecule has 0 spiro atoms. The molecule has 0 aliphatic carbocycles. The molecule has 1 aromatic rings. The number of aliphatic hydroxyl groups excluding tert-OH is 1. The van der Waals surface area contributed by atoms with E-state index in [1.807, 2.05) is 20.8 Å². The van der Waals surface area contributed by atoms with Crippen molar-refractivity contribution in [1.29, 1.82) is 5.26 Å². The predicted octanol–water partition coefficient (Wildman–Crippen LogP) is 1.77. The molecule has 5 heteroatoms. The summed E-state index contributed by atoms with van der Waals surface area (Å²) in [5, 5.41) is 21.5. The molecule has 1 aliphatic heterocycles. The molecule has 0 atom stereocenters. The third kappa shape index (κ3) is 2.77. The number of nitrogens with one attached hydrogen (secondary N) is 1. The summed E-state index contributed by atoms with van der Waals surface area (Å²) < 4.78 is 5.84. The van der Waals surface area contributed by atoms with E-state index in [9.17, 15) is 5.26 Å². The largest absolute Gasteiger partial charge is 0.395 e. The minimum absolute atomic E-state index is 0.0136. The monoisotopic (exact) mass is 275 g/mol. The van der Waals surface area contributed by atoms with E-state index >= 15 is 0 Å². The van der Waals surface area contributed by atoms with E-state index in [1.165, 1.54) is 0 Å². The molecule has 0 aromatic carbocycles. The molecule has 0 radical (unpaired) electrons. The lowest BCUT2D eigenvalue weighted by Gasteiger charge is -2.33. The van der Waals surface area contributed by atoms with Crippen molar-refractivity contribution < 1.29 is 9.84 Å². The summed E-state index contributed by atoms with van der Waals surface area (Å²) >= 11 is 0. The van der Waals surface area contributed by atoms with Gasteiger partial charge in [0.05, 0.1) is 24.4 Å². The summed E-state index contributed by atoms with van der Waals surface area (Å²) in [4.78, 5) is 4.54. The molecule has 0 saturated heterocycles. The van der Waals surface area contributed by atoms with Crippen LogP contribution in [0.3, 0.4) is 0 Å². The van der Waals surface area contributed by atoms with Crippen LogP contribution >= 0.6 is 0 Å². The van der Waals surface area contributed by atoms with Crippen molar-refractivity contribution >= 4 is 5.82 Å². The number of pyridine rings is 1. The molecule has 0 bridgehead atoms. The normalized spacial score (nSPS) is 16.4. The number of hydrogen-bond acceptors (Lipinski definition) is 5. The van der Waals surface area contributed by atoms with Gasteiger partial charge in [0, 0.05) is 24.2 Å². The number of aliphatic hydroxyl groups is 1. The fourth-order valence-electron chi connectivity index (χ4n) is 2.55. The van der Waals surface area contributed by atoms with Gasteiger partial charge in [-0.1, -0.05) is 6.92 Å². The van der Waals surface area contributed by atoms with E-state index in [2.05, 4.69) is 16.4 Å². The summed E-state index contributed by atoms with van der Waals surface area (Å²) in [6, 6.07) is 2.26. The highest BCUT2D eigenvalue weighted by Gasteiger charge is 2.31. The molecule has 20 heavy (non-hydrogen) atoms. The number of aryl methyl sites for hydroxylation is 1. The Bertz CT molecular complexity index is 547. The number of rotatable bonds is 4. The number of hydrogen-bond donors (Lipinski definition) is 2. The van der Waals surface area contributed by atoms with Crippen LogP contribution in [-0.2, 0) is 24.2 Å². The average Bonchev–Trinajstić information content (AvgIpc) is 2.42. The molecule has 1 aromatic heterocycles. The number of anilines is 1. The molecular formula is C15H21N3O2. The van der Waals surface area contributed by atoms with Crippen LogP contribution in [0.15, 0.2) is 0 Å². The molecule has 2 heterocycles. The molecule has 108 valence electrons. The quantitative estimate of drug-likeness (QED) is 0.875. The third-order valence-electron chi connectivity index (χ3n) is 3.56. The minimum Gasteiger partial charge on any atom is -0.395 e. The topological polar surface area (TPSA) is 78.2 Å². The highest BCUT2D eigenvalue weighted by molar-refractivity contribution is 5.60. The second-order valence-electron chi connectivity index (χ2n) is 5.58. The van der Waals surface area contributed by atoms with Crippen molar-refractivity contribution in [3.05, 3.63) is 22.4 Å². The Morgan fingerprint density at radius 3 is 2.80 bits per heavy atom. The van der Waals surface area contributed by atoms with Gasteiger partial charge in [0.2, 0.25) is 0 Å². The summed E-state index contributed by atoms with van der Waals surface area (Å²) in [5.41, 5.74) is 3.38. The summed E-state index contributed by atoms with van der Waals surface area (Å²) in [7, 11) is 0. The van der Waals surface area contributed by atoms with Crippen molar-refractivity contribution in [3.63, 3.8) is 0 Å². The number of nitriles is 1. The van der Waals surface area contributed by atoms with Gasteiger partial charge in [0.15, 0.2) is 0 Å². The van der Waals surface area contributed by atoms with Crippen molar-refractivity contribution in [2.75, 3.05) is 18.5 Å². The van der Waals surface area contributed by atoms with Crippen LogP contribution in [0.4, 0.5) is 5.82 Å². The maximum Gasteiger partial charge on any atom is 0.144 e. The van der Waals surface area contributed by atoms with Gasteiger partial charge in [-0.2, -0.15) is 5.26 Å². The molecule has 0 unspecified atom stereocenters. The van der Waals surface area contributed by atoms with Crippen molar-refractivity contribution in [2.45, 2.75) is 45.8 Å². The maximum absolute atomic E-state index is 9.47. The zero-order chi connectivity index (χ0) is 14.8. The van der Waals surface area contributed by atoms with Crippen LogP contribution in [0.2, 0.25) is 0 Å². The Hall–Kier alpha value is -1.64. The number of fused-ring (bicyclic) bond motifs is 1. The molecule has 5 nitrogen and oxygen atoms in total. The standard InChI is InChI=1S/C15H21N3O2/c1-4-13-12-9-20-15(2,3)7-10(12)11(8-16)14(18-13)17-5-6-19/h19H,4-7,9H2,1-3H3,(H,17,18). The number of ether oxygens (including phenoxy) is 1. The van der Waals surface area contributed by atoms with Gasteiger partial charge in [-0.3, -0.25) is 0 Å². The van der Waals surface area contributed by atoms with Crippen LogP contribution < -0.4 is 5.32 Å². The van der Waals surface area contributed by atoms with Crippen LogP contribution in [0.5, 0.6) is 0 Å². The van der Waals surface area contributed by atoms with Gasteiger partial charge in [-0.05, 0) is 25.8 Å². The Labute approximate surface area is 119 Å². The van der Waals surface area contributed by atoms with Crippen molar-refractivity contribution in [2.24, 2.45) is 0 Å². The summed E-state index contributed by atoms with van der Waals surface area (Å²) in [6.07, 6.45) is 1.50. The summed E-state index contributed by atoms with van der Waals surface area (Å²) in [5.74, 6) is 0.579. The SMILES string of the molecule is CCc1nc(NCCO)c(C#N)c2c1COC(C)(C)C2. The van der Waals surface area contributed by atoms with Gasteiger partial charge >= 0.3 is 0 Å². The molecule has 0 amide bonds. The molecule has 2 N–H and O–H groups in total. The molecule has 1 aliphatic rings. The van der Waals surface area contributed by atoms with Gasteiger partial charge in [0.25, 0.3) is 0 Å². The smallest absolute Gasteiger partial charge is 0.144 e. The van der Waals surface area contributed by atoms with Crippen molar-refractivity contribution in [1.82, 2.24) is 4.98 Å². The second kappa shape index (κ2) is 5.78. The molecular weight excluding hydrogens is 254 g/mol. The Balaban J connectivity index is 2.55. The van der Waals surface area contributed by atoms with Crippen LogP contribution in [0, 0.1) is 11.3 Å². The predicted molar refractivity (Wildman–Crippen MR) is 76.5 cm³/mol. The first-order valence-corrected chi connectivity index (χ1v) is 6.95. The maximum atomic E-state index is 9.47. The van der Waals surface area contributed by atoms with Gasteiger partial charge in [-0.25, -0.2) is 4.98 Å². The highest BCUT2D eigenvalue weighted by Crippen LogP contribution is 2.34. The fourth-order valence-corrected chi connectivity index (χ4v) is 2.55. The second-order valence-corrected chi connectivity index (χ2v) is 5.58. The van der Waals surface area contributed by atoms with E-state index in [4.69, 9.17) is 9.84 Å². The van der Waals surface area contributed by atoms with E-state index in [0.717, 1.165) is 23.2 Å². The van der Waals surface area contributed by atoms with Gasteiger partial charge in [0.1, 0.15) is 11.9 Å². The lowest BCUT2D eigenvalue weighted by molar-refractivity contribution is -0.0406.